The van der Waals surface area contributed by atoms with Gasteiger partial charge in [0.2, 0.25) is 0 Å². The molecule has 0 amide bonds. The lowest BCUT2D eigenvalue weighted by molar-refractivity contribution is 0.595. The van der Waals surface area contributed by atoms with Crippen molar-refractivity contribution in [1.82, 2.24) is 0 Å². The van der Waals surface area contributed by atoms with E-state index in [1.165, 1.54) is 0 Å². The monoisotopic (exact) mass is 272 g/mol. The van der Waals surface area contributed by atoms with Crippen LogP contribution in [0.1, 0.15) is 16.7 Å². The van der Waals surface area contributed by atoms with E-state index in [0.29, 0.717) is 4.90 Å². The second-order valence-corrected chi connectivity index (χ2v) is 6.51. The molecule has 0 atom stereocenters. The van der Waals surface area contributed by atoms with Gasteiger partial charge in [0.05, 0.1) is 10.6 Å². The number of hydrogen-bond donors (Lipinski definition) is 0. The van der Waals surface area contributed by atoms with Gasteiger partial charge < -0.3 is 0 Å². The maximum atomic E-state index is 12.3. The molecule has 0 saturated carbocycles. The first-order valence-corrected chi connectivity index (χ1v) is 7.67. The van der Waals surface area contributed by atoms with Gasteiger partial charge in [-0.25, -0.2) is 8.42 Å². The SMILES string of the molecule is C=Cc1cccc(CS(=O)(=O)c2ccc(C)cc2)c1. The van der Waals surface area contributed by atoms with Crippen molar-refractivity contribution in [3.05, 3.63) is 71.8 Å². The fourth-order valence-electron chi connectivity index (χ4n) is 1.86. The number of aryl methyl sites for hydroxylation is 1. The van der Waals surface area contributed by atoms with Gasteiger partial charge in [0, 0.05) is 0 Å². The first-order valence-electron chi connectivity index (χ1n) is 6.02. The van der Waals surface area contributed by atoms with E-state index in [4.69, 9.17) is 0 Å². The molecule has 0 unspecified atom stereocenters. The molecule has 0 spiro atoms. The Kier molecular flexibility index (Phi) is 3.86. The number of hydrogen-bond acceptors (Lipinski definition) is 2. The average Bonchev–Trinajstić information content (AvgIpc) is 2.39. The molecule has 0 fully saturated rings. The topological polar surface area (TPSA) is 34.1 Å². The van der Waals surface area contributed by atoms with Crippen molar-refractivity contribution < 1.29 is 8.42 Å². The molecule has 2 rings (SSSR count). The molecule has 0 heterocycles. The summed E-state index contributed by atoms with van der Waals surface area (Å²) in [5.41, 5.74) is 2.75. The van der Waals surface area contributed by atoms with Crippen LogP contribution in [-0.4, -0.2) is 8.42 Å². The van der Waals surface area contributed by atoms with Crippen molar-refractivity contribution in [2.24, 2.45) is 0 Å². The number of rotatable bonds is 4. The molecule has 0 N–H and O–H groups in total. The summed E-state index contributed by atoms with van der Waals surface area (Å²) in [6.45, 7) is 5.62. The van der Waals surface area contributed by atoms with Crippen LogP contribution in [0.25, 0.3) is 6.08 Å². The molecule has 2 aromatic carbocycles. The normalized spacial score (nSPS) is 11.2. The van der Waals surface area contributed by atoms with Crippen LogP contribution >= 0.6 is 0 Å². The molecule has 3 heteroatoms. The fraction of sp³-hybridized carbons (Fsp3) is 0.125. The Morgan fingerprint density at radius 1 is 1.11 bits per heavy atom. The molecule has 2 nitrogen and oxygen atoms in total. The summed E-state index contributed by atoms with van der Waals surface area (Å²) in [5.74, 6) is 0.0116. The molecular formula is C16H16O2S. The highest BCUT2D eigenvalue weighted by atomic mass is 32.2. The summed E-state index contributed by atoms with van der Waals surface area (Å²) < 4.78 is 24.6. The standard InChI is InChI=1S/C16H16O2S/c1-3-14-5-4-6-15(11-14)12-19(17,18)16-9-7-13(2)8-10-16/h3-11H,1,12H2,2H3. The second kappa shape index (κ2) is 5.41. The smallest absolute Gasteiger partial charge is 0.182 e. The largest absolute Gasteiger partial charge is 0.223 e. The maximum absolute atomic E-state index is 12.3. The lowest BCUT2D eigenvalue weighted by Gasteiger charge is -2.06. The van der Waals surface area contributed by atoms with E-state index in [9.17, 15) is 8.42 Å². The maximum Gasteiger partial charge on any atom is 0.182 e. The molecule has 19 heavy (non-hydrogen) atoms. The summed E-state index contributed by atoms with van der Waals surface area (Å²) in [4.78, 5) is 0.363. The van der Waals surface area contributed by atoms with Crippen LogP contribution in [-0.2, 0) is 15.6 Å². The molecule has 0 aliphatic carbocycles. The Bertz CT molecular complexity index is 683. The highest BCUT2D eigenvalue weighted by Crippen LogP contribution is 2.18. The van der Waals surface area contributed by atoms with Crippen molar-refractivity contribution >= 4 is 15.9 Å². The molecular weight excluding hydrogens is 256 g/mol. The predicted molar refractivity (Wildman–Crippen MR) is 78.6 cm³/mol. The van der Waals surface area contributed by atoms with E-state index < -0.39 is 9.84 Å². The molecule has 0 saturated heterocycles. The minimum Gasteiger partial charge on any atom is -0.223 e. The van der Waals surface area contributed by atoms with Gasteiger partial charge in [-0.05, 0) is 30.2 Å². The van der Waals surface area contributed by atoms with Gasteiger partial charge in [-0.3, -0.25) is 0 Å². The third-order valence-electron chi connectivity index (χ3n) is 2.92. The lowest BCUT2D eigenvalue weighted by atomic mass is 10.1. The minimum atomic E-state index is -3.29. The Labute approximate surface area is 114 Å². The van der Waals surface area contributed by atoms with Crippen molar-refractivity contribution in [2.45, 2.75) is 17.6 Å². The zero-order valence-electron chi connectivity index (χ0n) is 10.8. The predicted octanol–water partition coefficient (Wildman–Crippen LogP) is 3.61. The van der Waals surface area contributed by atoms with Crippen LogP contribution in [0.4, 0.5) is 0 Å². The van der Waals surface area contributed by atoms with E-state index in [2.05, 4.69) is 6.58 Å². The third kappa shape index (κ3) is 3.32. The van der Waals surface area contributed by atoms with E-state index in [-0.39, 0.29) is 5.75 Å². The summed E-state index contributed by atoms with van der Waals surface area (Å²) in [6.07, 6.45) is 1.71. The Balaban J connectivity index is 2.30. The van der Waals surface area contributed by atoms with Crippen LogP contribution in [0.2, 0.25) is 0 Å². The molecule has 0 radical (unpaired) electrons. The molecule has 0 aliphatic heterocycles. The summed E-state index contributed by atoms with van der Waals surface area (Å²) in [6, 6.07) is 14.3. The average molecular weight is 272 g/mol. The van der Waals surface area contributed by atoms with Gasteiger partial charge in [0.15, 0.2) is 9.84 Å². The third-order valence-corrected chi connectivity index (χ3v) is 4.63. The Morgan fingerprint density at radius 3 is 2.42 bits per heavy atom. The van der Waals surface area contributed by atoms with Gasteiger partial charge in [0.25, 0.3) is 0 Å². The quantitative estimate of drug-likeness (QED) is 0.852. The lowest BCUT2D eigenvalue weighted by Crippen LogP contribution is -2.05. The van der Waals surface area contributed by atoms with E-state index >= 15 is 0 Å². The van der Waals surface area contributed by atoms with Gasteiger partial charge >= 0.3 is 0 Å². The van der Waals surface area contributed by atoms with Crippen molar-refractivity contribution in [3.8, 4) is 0 Å². The highest BCUT2D eigenvalue weighted by Gasteiger charge is 2.14. The van der Waals surface area contributed by atoms with E-state index in [0.717, 1.165) is 16.7 Å². The molecule has 0 aliphatic rings. The van der Waals surface area contributed by atoms with E-state index in [1.807, 2.05) is 43.3 Å². The fourth-order valence-corrected chi connectivity index (χ4v) is 3.19. The van der Waals surface area contributed by atoms with Gasteiger partial charge in [-0.15, -0.1) is 0 Å². The molecule has 2 aromatic rings. The second-order valence-electron chi connectivity index (χ2n) is 4.52. The van der Waals surface area contributed by atoms with Crippen molar-refractivity contribution in [3.63, 3.8) is 0 Å². The van der Waals surface area contributed by atoms with Crippen LogP contribution in [0, 0.1) is 6.92 Å². The Morgan fingerprint density at radius 2 is 1.79 bits per heavy atom. The summed E-state index contributed by atoms with van der Waals surface area (Å²) in [7, 11) is -3.29. The van der Waals surface area contributed by atoms with Crippen LogP contribution in [0.5, 0.6) is 0 Å². The number of benzene rings is 2. The van der Waals surface area contributed by atoms with Gasteiger partial charge in [0.1, 0.15) is 0 Å². The summed E-state index contributed by atoms with van der Waals surface area (Å²) >= 11 is 0. The summed E-state index contributed by atoms with van der Waals surface area (Å²) in [5, 5.41) is 0. The van der Waals surface area contributed by atoms with Gasteiger partial charge in [-0.1, -0.05) is 54.6 Å². The van der Waals surface area contributed by atoms with Crippen LogP contribution in [0.3, 0.4) is 0 Å². The first kappa shape index (κ1) is 13.6. The molecule has 0 bridgehead atoms. The molecule has 0 aromatic heterocycles. The first-order chi connectivity index (χ1) is 9.01. The minimum absolute atomic E-state index is 0.0116. The molecule has 98 valence electrons. The highest BCUT2D eigenvalue weighted by molar-refractivity contribution is 7.90. The van der Waals surface area contributed by atoms with Crippen molar-refractivity contribution in [1.29, 1.82) is 0 Å². The van der Waals surface area contributed by atoms with Gasteiger partial charge in [-0.2, -0.15) is 0 Å². The van der Waals surface area contributed by atoms with Crippen LogP contribution < -0.4 is 0 Å². The van der Waals surface area contributed by atoms with E-state index in [1.54, 1.807) is 18.2 Å². The van der Waals surface area contributed by atoms with Crippen molar-refractivity contribution in [2.75, 3.05) is 0 Å². The zero-order chi connectivity index (χ0) is 13.9. The zero-order valence-corrected chi connectivity index (χ0v) is 11.7. The number of sulfone groups is 1. The van der Waals surface area contributed by atoms with Crippen LogP contribution in [0.15, 0.2) is 60.0 Å². The Hall–Kier alpha value is -1.87.